The molecule has 9 atom stereocenters. The van der Waals surface area contributed by atoms with Gasteiger partial charge in [-0.25, -0.2) is 4.79 Å². The number of hydrogen-bond donors (Lipinski definition) is 4. The van der Waals surface area contributed by atoms with Gasteiger partial charge in [-0.15, -0.1) is 0 Å². The predicted molar refractivity (Wildman–Crippen MR) is 85.2 cm³/mol. The lowest BCUT2D eigenvalue weighted by Gasteiger charge is -2.43. The minimum Gasteiger partial charge on any atom is -0.472 e. The zero-order valence-electron chi connectivity index (χ0n) is 14.7. The first kappa shape index (κ1) is 19.5. The topological polar surface area (TPSA) is 135 Å². The number of carbonyl (C=O) groups excluding carboxylic acids is 1. The van der Waals surface area contributed by atoms with E-state index >= 15 is 0 Å². The number of aliphatic hydroxyl groups is 4. The SMILES string of the molecule is COC(=O)C1=CO[C@@H](O[C@@H]2O[C@H](CO)[C@@H](O)[C@H](O)C2O)[C@H]2[C@@H]1CC[C@@H]2C. The maximum absolute atomic E-state index is 12.0. The highest BCUT2D eigenvalue weighted by Gasteiger charge is 2.50. The van der Waals surface area contributed by atoms with Crippen LogP contribution in [-0.2, 0) is 23.7 Å². The van der Waals surface area contributed by atoms with E-state index in [1.165, 1.54) is 13.4 Å². The third-order valence-electron chi connectivity index (χ3n) is 5.64. The van der Waals surface area contributed by atoms with Gasteiger partial charge in [0.15, 0.2) is 6.29 Å². The summed E-state index contributed by atoms with van der Waals surface area (Å²) in [5.41, 5.74) is 0.454. The maximum Gasteiger partial charge on any atom is 0.337 e. The molecule has 26 heavy (non-hydrogen) atoms. The van der Waals surface area contributed by atoms with Gasteiger partial charge < -0.3 is 39.4 Å². The Bertz CT molecular complexity index is 548. The van der Waals surface area contributed by atoms with Crippen molar-refractivity contribution in [1.29, 1.82) is 0 Å². The van der Waals surface area contributed by atoms with Crippen molar-refractivity contribution in [2.24, 2.45) is 17.8 Å². The molecule has 2 fully saturated rings. The van der Waals surface area contributed by atoms with Crippen LogP contribution >= 0.6 is 0 Å². The average molecular weight is 374 g/mol. The summed E-state index contributed by atoms with van der Waals surface area (Å²) < 4.78 is 21.6. The lowest BCUT2D eigenvalue weighted by atomic mass is 9.83. The van der Waals surface area contributed by atoms with Crippen LogP contribution in [0.15, 0.2) is 11.8 Å². The van der Waals surface area contributed by atoms with Gasteiger partial charge in [-0.05, 0) is 18.8 Å². The van der Waals surface area contributed by atoms with Gasteiger partial charge in [0, 0.05) is 11.8 Å². The van der Waals surface area contributed by atoms with Gasteiger partial charge in [0.2, 0.25) is 6.29 Å². The summed E-state index contributed by atoms with van der Waals surface area (Å²) in [5, 5.41) is 39.2. The van der Waals surface area contributed by atoms with Gasteiger partial charge in [0.05, 0.1) is 25.6 Å². The molecule has 0 spiro atoms. The van der Waals surface area contributed by atoms with Crippen LogP contribution in [0.1, 0.15) is 19.8 Å². The number of fused-ring (bicyclic) bond motifs is 1. The van der Waals surface area contributed by atoms with Crippen molar-refractivity contribution < 1.29 is 44.2 Å². The summed E-state index contributed by atoms with van der Waals surface area (Å²) in [6, 6.07) is 0. The molecule has 0 bridgehead atoms. The highest BCUT2D eigenvalue weighted by molar-refractivity contribution is 5.89. The number of aliphatic hydroxyl groups excluding tert-OH is 4. The summed E-state index contributed by atoms with van der Waals surface area (Å²) in [5.74, 6) is -0.494. The number of esters is 1. The summed E-state index contributed by atoms with van der Waals surface area (Å²) >= 11 is 0. The first-order valence-corrected chi connectivity index (χ1v) is 8.78. The molecule has 1 saturated heterocycles. The Labute approximate surface area is 151 Å². The molecule has 0 aromatic carbocycles. The minimum absolute atomic E-state index is 0.0962. The van der Waals surface area contributed by atoms with Gasteiger partial charge in [0.1, 0.15) is 24.4 Å². The Hall–Kier alpha value is -1.23. The molecule has 4 N–H and O–H groups in total. The number of ether oxygens (including phenoxy) is 4. The molecular weight excluding hydrogens is 348 g/mol. The first-order chi connectivity index (χ1) is 12.4. The van der Waals surface area contributed by atoms with Gasteiger partial charge in [-0.3, -0.25) is 0 Å². The molecule has 3 aliphatic rings. The van der Waals surface area contributed by atoms with E-state index in [0.717, 1.165) is 12.8 Å². The molecule has 0 amide bonds. The van der Waals surface area contributed by atoms with Gasteiger partial charge in [-0.1, -0.05) is 6.92 Å². The summed E-state index contributed by atoms with van der Waals surface area (Å²) in [6.45, 7) is 1.49. The number of hydrogen-bond acceptors (Lipinski definition) is 9. The maximum atomic E-state index is 12.0. The fourth-order valence-electron chi connectivity index (χ4n) is 4.12. The zero-order valence-corrected chi connectivity index (χ0v) is 14.7. The lowest BCUT2D eigenvalue weighted by Crippen LogP contribution is -2.60. The Morgan fingerprint density at radius 1 is 1.19 bits per heavy atom. The Kier molecular flexibility index (Phi) is 5.85. The Morgan fingerprint density at radius 2 is 1.92 bits per heavy atom. The van der Waals surface area contributed by atoms with E-state index in [-0.39, 0.29) is 17.8 Å². The molecule has 1 aliphatic carbocycles. The Morgan fingerprint density at radius 3 is 2.58 bits per heavy atom. The van der Waals surface area contributed by atoms with Gasteiger partial charge in [0.25, 0.3) is 0 Å². The largest absolute Gasteiger partial charge is 0.472 e. The van der Waals surface area contributed by atoms with Crippen LogP contribution < -0.4 is 0 Å². The van der Waals surface area contributed by atoms with E-state index < -0.39 is 49.6 Å². The van der Waals surface area contributed by atoms with Crippen LogP contribution in [0, 0.1) is 17.8 Å². The van der Waals surface area contributed by atoms with Crippen LogP contribution in [0.3, 0.4) is 0 Å². The van der Waals surface area contributed by atoms with Crippen LogP contribution in [0.5, 0.6) is 0 Å². The molecule has 2 heterocycles. The van der Waals surface area contributed by atoms with Crippen LogP contribution in [0.25, 0.3) is 0 Å². The number of methoxy groups -OCH3 is 1. The molecule has 9 heteroatoms. The third-order valence-corrected chi connectivity index (χ3v) is 5.64. The second-order valence-electron chi connectivity index (χ2n) is 7.14. The first-order valence-electron chi connectivity index (χ1n) is 8.78. The minimum atomic E-state index is -1.52. The molecule has 0 radical (unpaired) electrons. The van der Waals surface area contributed by atoms with Crippen molar-refractivity contribution in [3.05, 3.63) is 11.8 Å². The third kappa shape index (κ3) is 3.35. The van der Waals surface area contributed by atoms with E-state index in [0.29, 0.717) is 5.57 Å². The van der Waals surface area contributed by atoms with Gasteiger partial charge >= 0.3 is 5.97 Å². The van der Waals surface area contributed by atoms with E-state index in [2.05, 4.69) is 0 Å². The second-order valence-corrected chi connectivity index (χ2v) is 7.14. The van der Waals surface area contributed by atoms with Gasteiger partial charge in [-0.2, -0.15) is 0 Å². The van der Waals surface area contributed by atoms with Crippen LogP contribution in [0.4, 0.5) is 0 Å². The molecule has 0 aromatic heterocycles. The quantitative estimate of drug-likeness (QED) is 0.451. The normalized spacial score (nSPS) is 45.5. The summed E-state index contributed by atoms with van der Waals surface area (Å²) in [6.07, 6.45) is -4.63. The smallest absolute Gasteiger partial charge is 0.337 e. The second kappa shape index (κ2) is 7.79. The highest BCUT2D eigenvalue weighted by atomic mass is 16.8. The molecule has 9 nitrogen and oxygen atoms in total. The molecule has 1 unspecified atom stereocenters. The van der Waals surface area contributed by atoms with Crippen molar-refractivity contribution in [3.63, 3.8) is 0 Å². The van der Waals surface area contributed by atoms with Crippen molar-refractivity contribution in [1.82, 2.24) is 0 Å². The van der Waals surface area contributed by atoms with Crippen molar-refractivity contribution in [3.8, 4) is 0 Å². The highest BCUT2D eigenvalue weighted by Crippen LogP contribution is 2.47. The zero-order chi connectivity index (χ0) is 19.0. The number of rotatable bonds is 4. The molecule has 0 aromatic rings. The Balaban J connectivity index is 1.77. The lowest BCUT2D eigenvalue weighted by molar-refractivity contribution is -0.342. The molecular formula is C17H26O9. The molecule has 148 valence electrons. The van der Waals surface area contributed by atoms with E-state index in [1.807, 2.05) is 6.92 Å². The fourth-order valence-corrected chi connectivity index (χ4v) is 4.12. The van der Waals surface area contributed by atoms with E-state index in [1.54, 1.807) is 0 Å². The van der Waals surface area contributed by atoms with E-state index in [4.69, 9.17) is 18.9 Å². The average Bonchev–Trinajstić information content (AvgIpc) is 3.04. The van der Waals surface area contributed by atoms with Crippen LogP contribution in [-0.4, -0.2) is 77.1 Å². The molecule has 2 aliphatic heterocycles. The monoisotopic (exact) mass is 374 g/mol. The molecule has 1 saturated carbocycles. The standard InChI is InChI=1S/C17H26O9/c1-7-3-4-8-9(15(22)23-2)6-24-16(11(7)8)26-17-14(21)13(20)12(19)10(5-18)25-17/h6-8,10-14,16-21H,3-5H2,1-2H3/t7-,8+,10+,11+,12+,13-,14?,16-,17-/m0/s1. The van der Waals surface area contributed by atoms with Crippen molar-refractivity contribution in [2.75, 3.05) is 13.7 Å². The summed E-state index contributed by atoms with van der Waals surface area (Å²) in [4.78, 5) is 12.0. The number of carbonyl (C=O) groups is 1. The fraction of sp³-hybridized carbons (Fsp3) is 0.824. The summed E-state index contributed by atoms with van der Waals surface area (Å²) in [7, 11) is 1.31. The van der Waals surface area contributed by atoms with Crippen molar-refractivity contribution >= 4 is 5.97 Å². The predicted octanol–water partition coefficient (Wildman–Crippen LogP) is -1.12. The van der Waals surface area contributed by atoms with Crippen molar-refractivity contribution in [2.45, 2.75) is 56.8 Å². The van der Waals surface area contributed by atoms with Crippen LogP contribution in [0.2, 0.25) is 0 Å². The molecule has 3 rings (SSSR count). The van der Waals surface area contributed by atoms with E-state index in [9.17, 15) is 25.2 Å².